The molecule has 0 saturated carbocycles. The maximum atomic E-state index is 10.7. The fourth-order valence-electron chi connectivity index (χ4n) is 0.926. The Morgan fingerprint density at radius 1 is 1.36 bits per heavy atom. The molecule has 1 unspecified atom stereocenters. The summed E-state index contributed by atoms with van der Waals surface area (Å²) in [6.07, 6.45) is 0.378. The van der Waals surface area contributed by atoms with Crippen molar-refractivity contribution in [1.29, 1.82) is 0 Å². The summed E-state index contributed by atoms with van der Waals surface area (Å²) in [6, 6.07) is -0.620. The summed E-state index contributed by atoms with van der Waals surface area (Å²) in [4.78, 5) is 31.1. The number of hydrogen-bond acceptors (Lipinski definition) is 5. The summed E-state index contributed by atoms with van der Waals surface area (Å²) in [5.41, 5.74) is 0. The molecule has 1 N–H and O–H groups in total. The van der Waals surface area contributed by atoms with Crippen LogP contribution in [0.5, 0.6) is 0 Å². The molecule has 0 heterocycles. The van der Waals surface area contributed by atoms with Gasteiger partial charge < -0.3 is 9.84 Å². The van der Waals surface area contributed by atoms with E-state index in [1.54, 1.807) is 0 Å². The van der Waals surface area contributed by atoms with Crippen LogP contribution in [0.3, 0.4) is 0 Å². The number of rotatable bonds is 7. The fourth-order valence-corrected chi connectivity index (χ4v) is 0.926. The van der Waals surface area contributed by atoms with Crippen molar-refractivity contribution < 1.29 is 19.4 Å². The number of carboxylic acid groups (broad SMARTS) is 1. The van der Waals surface area contributed by atoms with E-state index in [-0.39, 0.29) is 25.7 Å². The number of carboxylic acids is 1. The van der Waals surface area contributed by atoms with E-state index in [1.165, 1.54) is 7.11 Å². The predicted octanol–water partition coefficient (Wildman–Crippen LogP) is 0.939. The quantitative estimate of drug-likeness (QED) is 0.491. The van der Waals surface area contributed by atoms with Gasteiger partial charge in [0.05, 0.1) is 13.2 Å². The molecule has 0 amide bonds. The molecule has 14 heavy (non-hydrogen) atoms. The average Bonchev–Trinajstić information content (AvgIpc) is 2.17. The molecule has 6 heteroatoms. The van der Waals surface area contributed by atoms with Crippen LogP contribution in [0.15, 0.2) is 5.18 Å². The zero-order valence-corrected chi connectivity index (χ0v) is 7.93. The van der Waals surface area contributed by atoms with Crippen molar-refractivity contribution in [2.24, 2.45) is 5.18 Å². The molecule has 0 aromatic heterocycles. The van der Waals surface area contributed by atoms with Gasteiger partial charge in [-0.15, -0.1) is 0 Å². The first-order valence-corrected chi connectivity index (χ1v) is 4.21. The first-order valence-electron chi connectivity index (χ1n) is 4.21. The highest BCUT2D eigenvalue weighted by Gasteiger charge is 2.13. The summed E-state index contributed by atoms with van der Waals surface area (Å²) < 4.78 is 4.37. The van der Waals surface area contributed by atoms with E-state index in [9.17, 15) is 14.5 Å². The smallest absolute Gasteiger partial charge is 0.305 e. The maximum absolute atomic E-state index is 10.7. The number of esters is 1. The standard InChI is InChI=1S/C8H13NO5/c1-14-8(12)5-3-6(9-13)2-4-7(10)11/h6H,2-5H2,1H3,(H,10,11). The molecule has 0 bridgehead atoms. The number of carbonyl (C=O) groups is 2. The molecule has 0 aliphatic heterocycles. The van der Waals surface area contributed by atoms with Crippen molar-refractivity contribution >= 4 is 11.9 Å². The lowest BCUT2D eigenvalue weighted by Gasteiger charge is -2.05. The van der Waals surface area contributed by atoms with Crippen LogP contribution < -0.4 is 0 Å². The third-order valence-corrected chi connectivity index (χ3v) is 1.75. The van der Waals surface area contributed by atoms with Crippen LogP contribution in [-0.4, -0.2) is 30.2 Å². The Morgan fingerprint density at radius 3 is 2.36 bits per heavy atom. The molecule has 0 aliphatic carbocycles. The number of methoxy groups -OCH3 is 1. The Morgan fingerprint density at radius 2 is 1.93 bits per heavy atom. The molecule has 0 radical (unpaired) electrons. The number of nitroso groups, excluding NO2 is 1. The van der Waals surface area contributed by atoms with E-state index >= 15 is 0 Å². The zero-order chi connectivity index (χ0) is 11.0. The Balaban J connectivity index is 3.73. The average molecular weight is 203 g/mol. The molecule has 0 fully saturated rings. The van der Waals surface area contributed by atoms with Crippen molar-refractivity contribution in [1.82, 2.24) is 0 Å². The highest BCUT2D eigenvalue weighted by Crippen LogP contribution is 2.09. The number of carbonyl (C=O) groups excluding carboxylic acids is 1. The predicted molar refractivity (Wildman–Crippen MR) is 47.7 cm³/mol. The first-order chi connectivity index (χ1) is 6.60. The van der Waals surface area contributed by atoms with Gasteiger partial charge in [0.15, 0.2) is 0 Å². The summed E-state index contributed by atoms with van der Waals surface area (Å²) in [5.74, 6) is -1.40. The largest absolute Gasteiger partial charge is 0.481 e. The van der Waals surface area contributed by atoms with Gasteiger partial charge in [0.1, 0.15) is 0 Å². The lowest BCUT2D eigenvalue weighted by atomic mass is 10.1. The van der Waals surface area contributed by atoms with Gasteiger partial charge in [-0.2, -0.15) is 4.91 Å². The Kier molecular flexibility index (Phi) is 6.26. The highest BCUT2D eigenvalue weighted by molar-refractivity contribution is 5.69. The molecular formula is C8H13NO5. The van der Waals surface area contributed by atoms with Crippen molar-refractivity contribution in [2.45, 2.75) is 31.7 Å². The topological polar surface area (TPSA) is 93.0 Å². The number of hydrogen-bond donors (Lipinski definition) is 1. The van der Waals surface area contributed by atoms with E-state index in [2.05, 4.69) is 9.91 Å². The number of nitrogens with zero attached hydrogens (tertiary/aromatic N) is 1. The fraction of sp³-hybridized carbons (Fsp3) is 0.750. The zero-order valence-electron chi connectivity index (χ0n) is 7.93. The minimum atomic E-state index is -0.975. The summed E-state index contributed by atoms with van der Waals surface area (Å²) in [5, 5.41) is 11.1. The van der Waals surface area contributed by atoms with Gasteiger partial charge in [0, 0.05) is 12.8 Å². The second-order valence-electron chi connectivity index (χ2n) is 2.81. The molecule has 0 spiro atoms. The molecule has 0 rings (SSSR count). The Bertz CT molecular complexity index is 216. The van der Waals surface area contributed by atoms with Crippen LogP contribution in [0.4, 0.5) is 0 Å². The van der Waals surface area contributed by atoms with Gasteiger partial charge in [-0.1, -0.05) is 5.18 Å². The molecule has 6 nitrogen and oxygen atoms in total. The van der Waals surface area contributed by atoms with E-state index in [4.69, 9.17) is 5.11 Å². The first kappa shape index (κ1) is 12.5. The van der Waals surface area contributed by atoms with Gasteiger partial charge in [-0.05, 0) is 12.8 Å². The molecule has 0 aromatic rings. The third kappa shape index (κ3) is 6.10. The van der Waals surface area contributed by atoms with Crippen LogP contribution in [0.2, 0.25) is 0 Å². The monoisotopic (exact) mass is 203 g/mol. The summed E-state index contributed by atoms with van der Waals surface area (Å²) in [7, 11) is 1.25. The van der Waals surface area contributed by atoms with E-state index in [0.717, 1.165) is 0 Å². The van der Waals surface area contributed by atoms with E-state index in [0.29, 0.717) is 0 Å². The lowest BCUT2D eigenvalue weighted by Crippen LogP contribution is -2.10. The summed E-state index contributed by atoms with van der Waals surface area (Å²) >= 11 is 0. The van der Waals surface area contributed by atoms with Gasteiger partial charge in [0.2, 0.25) is 0 Å². The second kappa shape index (κ2) is 6.99. The van der Waals surface area contributed by atoms with Crippen molar-refractivity contribution in [3.63, 3.8) is 0 Å². The second-order valence-corrected chi connectivity index (χ2v) is 2.81. The van der Waals surface area contributed by atoms with Gasteiger partial charge in [0.25, 0.3) is 0 Å². The van der Waals surface area contributed by atoms with Crippen molar-refractivity contribution in [3.8, 4) is 0 Å². The molecule has 1 atom stereocenters. The Hall–Kier alpha value is -1.46. The van der Waals surface area contributed by atoms with Gasteiger partial charge in [-0.25, -0.2) is 0 Å². The van der Waals surface area contributed by atoms with Crippen LogP contribution in [0.1, 0.15) is 25.7 Å². The van der Waals surface area contributed by atoms with Crippen LogP contribution in [0, 0.1) is 4.91 Å². The van der Waals surface area contributed by atoms with E-state index < -0.39 is 18.0 Å². The third-order valence-electron chi connectivity index (χ3n) is 1.75. The van der Waals surface area contributed by atoms with Crippen LogP contribution >= 0.6 is 0 Å². The molecular weight excluding hydrogens is 190 g/mol. The minimum Gasteiger partial charge on any atom is -0.481 e. The van der Waals surface area contributed by atoms with Crippen molar-refractivity contribution in [3.05, 3.63) is 4.91 Å². The lowest BCUT2D eigenvalue weighted by molar-refractivity contribution is -0.140. The normalized spacial score (nSPS) is 11.8. The number of ether oxygens (including phenoxy) is 1. The number of aliphatic carboxylic acids is 1. The molecule has 0 saturated heterocycles. The maximum Gasteiger partial charge on any atom is 0.305 e. The van der Waals surface area contributed by atoms with Gasteiger partial charge >= 0.3 is 11.9 Å². The summed E-state index contributed by atoms with van der Waals surface area (Å²) in [6.45, 7) is 0. The van der Waals surface area contributed by atoms with Crippen molar-refractivity contribution in [2.75, 3.05) is 7.11 Å². The molecule has 0 aromatic carbocycles. The van der Waals surface area contributed by atoms with E-state index in [1.807, 2.05) is 0 Å². The SMILES string of the molecule is COC(=O)CCC(CCC(=O)O)N=O. The Labute approximate surface area is 81.2 Å². The molecule has 80 valence electrons. The van der Waals surface area contributed by atoms with Crippen LogP contribution in [-0.2, 0) is 14.3 Å². The molecule has 0 aliphatic rings. The highest BCUT2D eigenvalue weighted by atomic mass is 16.5. The minimum absolute atomic E-state index is 0.0898. The van der Waals surface area contributed by atoms with Gasteiger partial charge in [-0.3, -0.25) is 9.59 Å². The van der Waals surface area contributed by atoms with Crippen LogP contribution in [0.25, 0.3) is 0 Å².